The molecule has 1 N–H and O–H groups in total. The number of anilines is 2. The predicted molar refractivity (Wildman–Crippen MR) is 68.6 cm³/mol. The van der Waals surface area contributed by atoms with Crippen molar-refractivity contribution in [1.29, 1.82) is 0 Å². The maximum atomic E-state index is 4.66. The lowest BCUT2D eigenvalue weighted by Crippen LogP contribution is -2.22. The molecule has 0 amide bonds. The minimum Gasteiger partial charge on any atom is -0.369 e. The summed E-state index contributed by atoms with van der Waals surface area (Å²) in [5.74, 6) is 1.87. The summed E-state index contributed by atoms with van der Waals surface area (Å²) in [5, 5.41) is 3.26. The van der Waals surface area contributed by atoms with E-state index in [1.54, 1.807) is 0 Å². The van der Waals surface area contributed by atoms with Crippen molar-refractivity contribution in [2.75, 3.05) is 23.8 Å². The van der Waals surface area contributed by atoms with Crippen molar-refractivity contribution in [2.24, 2.45) is 0 Å². The molecule has 1 aliphatic carbocycles. The van der Waals surface area contributed by atoms with Gasteiger partial charge in [0.25, 0.3) is 0 Å². The molecule has 2 aromatic heterocycles. The molecular formula is C12H17N5. The van der Waals surface area contributed by atoms with Gasteiger partial charge in [0.1, 0.15) is 5.82 Å². The third kappa shape index (κ3) is 1.81. The van der Waals surface area contributed by atoms with Crippen molar-refractivity contribution in [3.8, 4) is 0 Å². The summed E-state index contributed by atoms with van der Waals surface area (Å²) >= 11 is 0. The second kappa shape index (κ2) is 3.91. The predicted octanol–water partition coefficient (Wildman–Crippen LogP) is 1.76. The van der Waals surface area contributed by atoms with Gasteiger partial charge in [0, 0.05) is 32.0 Å². The Morgan fingerprint density at radius 2 is 2.35 bits per heavy atom. The molecule has 5 nitrogen and oxygen atoms in total. The third-order valence-electron chi connectivity index (χ3n) is 3.14. The molecule has 0 aromatic carbocycles. The lowest BCUT2D eigenvalue weighted by molar-refractivity contribution is 0.886. The number of hydrogen-bond donors (Lipinski definition) is 1. The van der Waals surface area contributed by atoms with E-state index in [2.05, 4.69) is 34.2 Å². The highest BCUT2D eigenvalue weighted by Crippen LogP contribution is 2.31. The Kier molecular flexibility index (Phi) is 2.39. The van der Waals surface area contributed by atoms with Crippen LogP contribution in [0.15, 0.2) is 18.6 Å². The van der Waals surface area contributed by atoms with Gasteiger partial charge in [-0.15, -0.1) is 0 Å². The molecular weight excluding hydrogens is 214 g/mol. The number of rotatable bonds is 4. The topological polar surface area (TPSA) is 45.5 Å². The molecule has 0 bridgehead atoms. The smallest absolute Gasteiger partial charge is 0.180 e. The first-order valence-electron chi connectivity index (χ1n) is 6.10. The van der Waals surface area contributed by atoms with E-state index in [1.165, 1.54) is 12.8 Å². The molecule has 0 spiro atoms. The van der Waals surface area contributed by atoms with Gasteiger partial charge in [-0.2, -0.15) is 0 Å². The Morgan fingerprint density at radius 3 is 3.06 bits per heavy atom. The van der Waals surface area contributed by atoms with Crippen LogP contribution in [0.25, 0.3) is 5.65 Å². The van der Waals surface area contributed by atoms with Crippen LogP contribution in [0.4, 0.5) is 11.6 Å². The van der Waals surface area contributed by atoms with Crippen molar-refractivity contribution >= 4 is 17.3 Å². The van der Waals surface area contributed by atoms with Crippen LogP contribution in [0.2, 0.25) is 0 Å². The maximum Gasteiger partial charge on any atom is 0.180 e. The summed E-state index contributed by atoms with van der Waals surface area (Å²) in [5.41, 5.74) is 0.932. The highest BCUT2D eigenvalue weighted by molar-refractivity contribution is 5.67. The van der Waals surface area contributed by atoms with E-state index in [0.29, 0.717) is 6.04 Å². The largest absolute Gasteiger partial charge is 0.369 e. The summed E-state index contributed by atoms with van der Waals surface area (Å²) in [6.45, 7) is 2.95. The van der Waals surface area contributed by atoms with Crippen LogP contribution in [0.3, 0.4) is 0 Å². The first-order chi connectivity index (χ1) is 8.29. The Morgan fingerprint density at radius 1 is 1.53 bits per heavy atom. The van der Waals surface area contributed by atoms with E-state index in [1.807, 2.05) is 23.0 Å². The van der Waals surface area contributed by atoms with E-state index in [9.17, 15) is 0 Å². The Bertz CT molecular complexity index is 529. The van der Waals surface area contributed by atoms with E-state index in [4.69, 9.17) is 0 Å². The molecule has 2 heterocycles. The second-order valence-electron chi connectivity index (χ2n) is 4.48. The van der Waals surface area contributed by atoms with Gasteiger partial charge in [0.05, 0.1) is 6.20 Å². The van der Waals surface area contributed by atoms with Gasteiger partial charge in [0.2, 0.25) is 0 Å². The van der Waals surface area contributed by atoms with E-state index < -0.39 is 0 Å². The molecule has 0 radical (unpaired) electrons. The highest BCUT2D eigenvalue weighted by Gasteiger charge is 2.28. The van der Waals surface area contributed by atoms with Gasteiger partial charge >= 0.3 is 0 Å². The summed E-state index contributed by atoms with van der Waals surface area (Å²) in [6, 6.07) is 0.639. The number of nitrogens with zero attached hydrogens (tertiary/aromatic N) is 4. The molecule has 0 unspecified atom stereocenters. The van der Waals surface area contributed by atoms with Gasteiger partial charge in [-0.1, -0.05) is 0 Å². The van der Waals surface area contributed by atoms with Gasteiger partial charge in [-0.3, -0.25) is 0 Å². The minimum absolute atomic E-state index is 0.639. The summed E-state index contributed by atoms with van der Waals surface area (Å²) in [7, 11) is 2.10. The third-order valence-corrected chi connectivity index (χ3v) is 3.14. The van der Waals surface area contributed by atoms with Crippen molar-refractivity contribution in [2.45, 2.75) is 25.8 Å². The molecule has 90 valence electrons. The van der Waals surface area contributed by atoms with Gasteiger partial charge in [-0.05, 0) is 19.8 Å². The molecule has 2 aromatic rings. The minimum atomic E-state index is 0.639. The zero-order chi connectivity index (χ0) is 11.8. The zero-order valence-electron chi connectivity index (χ0n) is 10.2. The quantitative estimate of drug-likeness (QED) is 0.871. The zero-order valence-corrected chi connectivity index (χ0v) is 10.2. The van der Waals surface area contributed by atoms with Crippen molar-refractivity contribution in [3.63, 3.8) is 0 Å². The lowest BCUT2D eigenvalue weighted by atomic mass is 10.5. The van der Waals surface area contributed by atoms with E-state index >= 15 is 0 Å². The Labute approximate surface area is 100 Å². The summed E-state index contributed by atoms with van der Waals surface area (Å²) in [6.07, 6.45) is 8.28. The number of hydrogen-bond acceptors (Lipinski definition) is 4. The number of aromatic nitrogens is 3. The van der Waals surface area contributed by atoms with Crippen LogP contribution in [-0.2, 0) is 0 Å². The molecule has 5 heteroatoms. The van der Waals surface area contributed by atoms with Crippen LogP contribution < -0.4 is 10.2 Å². The normalized spacial score (nSPS) is 15.2. The van der Waals surface area contributed by atoms with Gasteiger partial charge in [0.15, 0.2) is 11.5 Å². The molecule has 3 rings (SSSR count). The van der Waals surface area contributed by atoms with Crippen LogP contribution in [0.1, 0.15) is 19.8 Å². The molecule has 0 atom stereocenters. The Hall–Kier alpha value is -1.78. The molecule has 1 fully saturated rings. The second-order valence-corrected chi connectivity index (χ2v) is 4.48. The van der Waals surface area contributed by atoms with Crippen LogP contribution in [-0.4, -0.2) is 34.0 Å². The molecule has 0 saturated heterocycles. The van der Waals surface area contributed by atoms with Crippen LogP contribution >= 0.6 is 0 Å². The fourth-order valence-corrected chi connectivity index (χ4v) is 2.05. The first kappa shape index (κ1) is 10.4. The van der Waals surface area contributed by atoms with Crippen LogP contribution in [0.5, 0.6) is 0 Å². The fraction of sp³-hybridized carbons (Fsp3) is 0.500. The molecule has 0 aliphatic heterocycles. The number of fused-ring (bicyclic) bond motifs is 1. The SMILES string of the molecule is CCNc1cn2ccnc2c(N(C)C2CC2)n1. The van der Waals surface area contributed by atoms with E-state index in [-0.39, 0.29) is 0 Å². The molecule has 1 saturated carbocycles. The average molecular weight is 231 g/mol. The maximum absolute atomic E-state index is 4.66. The van der Waals surface area contributed by atoms with Crippen molar-refractivity contribution in [1.82, 2.24) is 14.4 Å². The first-order valence-corrected chi connectivity index (χ1v) is 6.10. The summed E-state index contributed by atoms with van der Waals surface area (Å²) < 4.78 is 2.03. The van der Waals surface area contributed by atoms with E-state index in [0.717, 1.165) is 23.8 Å². The Balaban J connectivity index is 2.08. The van der Waals surface area contributed by atoms with Gasteiger partial charge in [-0.25, -0.2) is 9.97 Å². The van der Waals surface area contributed by atoms with Crippen molar-refractivity contribution < 1.29 is 0 Å². The highest BCUT2D eigenvalue weighted by atomic mass is 15.3. The molecule has 17 heavy (non-hydrogen) atoms. The standard InChI is InChI=1S/C12H17N5/c1-3-13-10-8-17-7-6-14-11(17)12(15-10)16(2)9-4-5-9/h6-9,13H,3-5H2,1-2H3. The number of nitrogens with one attached hydrogen (secondary N) is 1. The summed E-state index contributed by atoms with van der Waals surface area (Å²) in [4.78, 5) is 11.3. The van der Waals surface area contributed by atoms with Crippen LogP contribution in [0, 0.1) is 0 Å². The average Bonchev–Trinajstić information content (AvgIpc) is 3.07. The lowest BCUT2D eigenvalue weighted by Gasteiger charge is -2.19. The monoisotopic (exact) mass is 231 g/mol. The van der Waals surface area contributed by atoms with Crippen molar-refractivity contribution in [3.05, 3.63) is 18.6 Å². The molecule has 1 aliphatic rings. The van der Waals surface area contributed by atoms with Gasteiger partial charge < -0.3 is 14.6 Å². The number of imidazole rings is 1. The fourth-order valence-electron chi connectivity index (χ4n) is 2.05.